The lowest BCUT2D eigenvalue weighted by molar-refractivity contribution is 0.262. The number of carbonyl (C=O) groups is 1. The number of urea groups is 1. The van der Waals surface area contributed by atoms with Crippen molar-refractivity contribution >= 4 is 40.2 Å². The average molecular weight is 288 g/mol. The molecule has 0 unspecified atom stereocenters. The van der Waals surface area contributed by atoms with Crippen LogP contribution in [0.15, 0.2) is 42.5 Å². The molecule has 0 aliphatic rings. The Kier molecular flexibility index (Phi) is 3.26. The van der Waals surface area contributed by atoms with Crippen LogP contribution in [0.4, 0.5) is 20.6 Å². The first-order valence-electron chi connectivity index (χ1n) is 5.77. The molecule has 0 atom stereocenters. The number of hydrogen-bond donors (Lipinski definition) is 2. The molecule has 2 amide bonds. The quantitative estimate of drug-likeness (QED) is 0.758. The van der Waals surface area contributed by atoms with E-state index in [4.69, 9.17) is 0 Å². The highest BCUT2D eigenvalue weighted by Gasteiger charge is 2.07. The van der Waals surface area contributed by atoms with Crippen LogP contribution in [0.1, 0.15) is 0 Å². The second-order valence-electron chi connectivity index (χ2n) is 4.03. The highest BCUT2D eigenvalue weighted by Crippen LogP contribution is 2.18. The molecule has 3 aromatic rings. The summed E-state index contributed by atoms with van der Waals surface area (Å²) in [5.74, 6) is -0.484. The fourth-order valence-corrected chi connectivity index (χ4v) is 2.22. The number of aromatic nitrogens is 2. The minimum Gasteiger partial charge on any atom is -0.308 e. The van der Waals surface area contributed by atoms with E-state index in [0.29, 0.717) is 11.2 Å². The Morgan fingerprint density at radius 2 is 1.85 bits per heavy atom. The maximum absolute atomic E-state index is 13.4. The number of nitrogens with zero attached hydrogens (tertiary/aromatic N) is 2. The SMILES string of the molecule is O=C(Nc1ccc2nsnc2c1)Nc1ccccc1F. The molecule has 5 nitrogen and oxygen atoms in total. The van der Waals surface area contributed by atoms with E-state index in [1.807, 2.05) is 0 Å². The number of carbonyl (C=O) groups excluding carboxylic acids is 1. The van der Waals surface area contributed by atoms with Crippen molar-refractivity contribution in [1.29, 1.82) is 0 Å². The van der Waals surface area contributed by atoms with Gasteiger partial charge in [0, 0.05) is 5.69 Å². The van der Waals surface area contributed by atoms with Crippen LogP contribution in [-0.4, -0.2) is 14.8 Å². The molecular weight excluding hydrogens is 279 g/mol. The molecule has 7 heteroatoms. The highest BCUT2D eigenvalue weighted by molar-refractivity contribution is 7.00. The number of anilines is 2. The van der Waals surface area contributed by atoms with E-state index in [1.54, 1.807) is 30.3 Å². The Morgan fingerprint density at radius 1 is 1.05 bits per heavy atom. The molecule has 2 aromatic carbocycles. The molecule has 1 aromatic heterocycles. The third kappa shape index (κ3) is 2.57. The molecule has 0 aliphatic carbocycles. The summed E-state index contributed by atoms with van der Waals surface area (Å²) >= 11 is 1.11. The van der Waals surface area contributed by atoms with Gasteiger partial charge in [0.1, 0.15) is 16.9 Å². The van der Waals surface area contributed by atoms with Crippen LogP contribution in [0, 0.1) is 5.82 Å². The van der Waals surface area contributed by atoms with E-state index in [1.165, 1.54) is 12.1 Å². The second kappa shape index (κ2) is 5.22. The van der Waals surface area contributed by atoms with Gasteiger partial charge < -0.3 is 10.6 Å². The van der Waals surface area contributed by atoms with E-state index in [-0.39, 0.29) is 5.69 Å². The Balaban J connectivity index is 1.74. The summed E-state index contributed by atoms with van der Waals surface area (Å²) in [6.45, 7) is 0. The number of halogens is 1. The molecule has 0 radical (unpaired) electrons. The number of amides is 2. The lowest BCUT2D eigenvalue weighted by atomic mass is 10.3. The first kappa shape index (κ1) is 12.5. The van der Waals surface area contributed by atoms with Gasteiger partial charge in [-0.15, -0.1) is 0 Å². The summed E-state index contributed by atoms with van der Waals surface area (Å²) in [7, 11) is 0. The molecule has 20 heavy (non-hydrogen) atoms. The summed E-state index contributed by atoms with van der Waals surface area (Å²) in [5, 5.41) is 5.06. The Bertz CT molecular complexity index is 774. The lowest BCUT2D eigenvalue weighted by Crippen LogP contribution is -2.20. The summed E-state index contributed by atoms with van der Waals surface area (Å²) in [5.41, 5.74) is 2.18. The summed E-state index contributed by atoms with van der Waals surface area (Å²) in [6.07, 6.45) is 0. The smallest absolute Gasteiger partial charge is 0.308 e. The van der Waals surface area contributed by atoms with Gasteiger partial charge in [-0.2, -0.15) is 8.75 Å². The van der Waals surface area contributed by atoms with E-state index in [9.17, 15) is 9.18 Å². The monoisotopic (exact) mass is 288 g/mol. The van der Waals surface area contributed by atoms with Gasteiger partial charge in [0.05, 0.1) is 17.4 Å². The van der Waals surface area contributed by atoms with Crippen molar-refractivity contribution in [2.45, 2.75) is 0 Å². The number of para-hydroxylation sites is 1. The maximum Gasteiger partial charge on any atom is 0.323 e. The molecule has 2 N–H and O–H groups in total. The molecule has 0 saturated heterocycles. The van der Waals surface area contributed by atoms with Crippen molar-refractivity contribution in [2.75, 3.05) is 10.6 Å². The Labute approximate surface area is 117 Å². The Morgan fingerprint density at radius 3 is 2.70 bits per heavy atom. The second-order valence-corrected chi connectivity index (χ2v) is 4.56. The number of hydrogen-bond acceptors (Lipinski definition) is 4. The van der Waals surface area contributed by atoms with Gasteiger partial charge >= 0.3 is 6.03 Å². The van der Waals surface area contributed by atoms with Crippen molar-refractivity contribution in [3.05, 3.63) is 48.3 Å². The van der Waals surface area contributed by atoms with Gasteiger partial charge in [-0.3, -0.25) is 0 Å². The number of nitrogens with one attached hydrogen (secondary N) is 2. The van der Waals surface area contributed by atoms with Gasteiger partial charge in [-0.1, -0.05) is 12.1 Å². The van der Waals surface area contributed by atoms with Crippen molar-refractivity contribution in [1.82, 2.24) is 8.75 Å². The zero-order chi connectivity index (χ0) is 13.9. The Hall–Kier alpha value is -2.54. The molecular formula is C13H9FN4OS. The first-order chi connectivity index (χ1) is 9.72. The molecule has 1 heterocycles. The van der Waals surface area contributed by atoms with Crippen LogP contribution >= 0.6 is 11.7 Å². The van der Waals surface area contributed by atoms with Crippen molar-refractivity contribution in [3.63, 3.8) is 0 Å². The third-order valence-electron chi connectivity index (χ3n) is 2.63. The first-order valence-corrected chi connectivity index (χ1v) is 6.50. The average Bonchev–Trinajstić information content (AvgIpc) is 2.89. The van der Waals surface area contributed by atoms with Gasteiger partial charge in [-0.25, -0.2) is 9.18 Å². The van der Waals surface area contributed by atoms with E-state index >= 15 is 0 Å². The van der Waals surface area contributed by atoms with Crippen LogP contribution < -0.4 is 10.6 Å². The minimum atomic E-state index is -0.516. The van der Waals surface area contributed by atoms with E-state index < -0.39 is 11.8 Å². The highest BCUT2D eigenvalue weighted by atomic mass is 32.1. The molecule has 0 fully saturated rings. The fraction of sp³-hybridized carbons (Fsp3) is 0. The zero-order valence-corrected chi connectivity index (χ0v) is 10.9. The van der Waals surface area contributed by atoms with E-state index in [0.717, 1.165) is 17.2 Å². The van der Waals surface area contributed by atoms with Crippen LogP contribution in [0.5, 0.6) is 0 Å². The topological polar surface area (TPSA) is 66.9 Å². The standard InChI is InChI=1S/C13H9FN4OS/c14-9-3-1-2-4-10(9)16-13(19)15-8-5-6-11-12(7-8)18-20-17-11/h1-7H,(H2,15,16,19). The third-order valence-corrected chi connectivity index (χ3v) is 3.19. The lowest BCUT2D eigenvalue weighted by Gasteiger charge is -2.08. The summed E-state index contributed by atoms with van der Waals surface area (Å²) < 4.78 is 21.6. The van der Waals surface area contributed by atoms with Crippen LogP contribution in [-0.2, 0) is 0 Å². The fourth-order valence-electron chi connectivity index (χ4n) is 1.71. The largest absolute Gasteiger partial charge is 0.323 e. The predicted molar refractivity (Wildman–Crippen MR) is 76.5 cm³/mol. The van der Waals surface area contributed by atoms with Gasteiger partial charge in [0.2, 0.25) is 0 Å². The molecule has 100 valence electrons. The molecule has 0 spiro atoms. The molecule has 3 rings (SSSR count). The number of benzene rings is 2. The zero-order valence-electron chi connectivity index (χ0n) is 10.1. The normalized spacial score (nSPS) is 10.4. The number of rotatable bonds is 2. The number of fused-ring (bicyclic) bond motifs is 1. The molecule has 0 aliphatic heterocycles. The van der Waals surface area contributed by atoms with Crippen LogP contribution in [0.25, 0.3) is 11.0 Å². The van der Waals surface area contributed by atoms with Crippen LogP contribution in [0.2, 0.25) is 0 Å². The van der Waals surface area contributed by atoms with Gasteiger partial charge in [-0.05, 0) is 30.3 Å². The van der Waals surface area contributed by atoms with Gasteiger partial charge in [0.25, 0.3) is 0 Å². The van der Waals surface area contributed by atoms with Crippen LogP contribution in [0.3, 0.4) is 0 Å². The van der Waals surface area contributed by atoms with Crippen molar-refractivity contribution in [2.24, 2.45) is 0 Å². The van der Waals surface area contributed by atoms with Crippen molar-refractivity contribution in [3.8, 4) is 0 Å². The van der Waals surface area contributed by atoms with Gasteiger partial charge in [0.15, 0.2) is 0 Å². The predicted octanol–water partition coefficient (Wildman–Crippen LogP) is 3.47. The van der Waals surface area contributed by atoms with Crippen molar-refractivity contribution < 1.29 is 9.18 Å². The molecule has 0 saturated carbocycles. The minimum absolute atomic E-state index is 0.126. The summed E-state index contributed by atoms with van der Waals surface area (Å²) in [4.78, 5) is 11.8. The summed E-state index contributed by atoms with van der Waals surface area (Å²) in [6, 6.07) is 10.6. The molecule has 0 bridgehead atoms. The van der Waals surface area contributed by atoms with E-state index in [2.05, 4.69) is 19.4 Å². The maximum atomic E-state index is 13.4.